The summed E-state index contributed by atoms with van der Waals surface area (Å²) in [7, 11) is 0. The van der Waals surface area contributed by atoms with Gasteiger partial charge in [0.05, 0.1) is 12.0 Å². The van der Waals surface area contributed by atoms with Crippen LogP contribution in [0.15, 0.2) is 24.3 Å². The van der Waals surface area contributed by atoms with Gasteiger partial charge >= 0.3 is 11.9 Å². The van der Waals surface area contributed by atoms with Crippen LogP contribution in [0.1, 0.15) is 6.42 Å². The van der Waals surface area contributed by atoms with Crippen molar-refractivity contribution >= 4 is 23.5 Å². The van der Waals surface area contributed by atoms with Gasteiger partial charge in [0.15, 0.2) is 0 Å². The van der Waals surface area contributed by atoms with E-state index in [1.54, 1.807) is 0 Å². The summed E-state index contributed by atoms with van der Waals surface area (Å²) in [5.74, 6) is -3.87. The van der Waals surface area contributed by atoms with Crippen LogP contribution >= 0.6 is 11.6 Å². The molecular weight excluding hydrogens is 248 g/mol. The standard InChI is InChI=1S/C11H13ClO5/c12-6-7(13)5-11(10(16)17)4-2-1-3-8(11)9(14)15/h1-4,7-8,13H,5-6H2,(H,14,15)(H,16,17). The van der Waals surface area contributed by atoms with E-state index >= 15 is 0 Å². The van der Waals surface area contributed by atoms with Crippen molar-refractivity contribution in [1.82, 2.24) is 0 Å². The van der Waals surface area contributed by atoms with Gasteiger partial charge in [0, 0.05) is 5.88 Å². The van der Waals surface area contributed by atoms with Gasteiger partial charge in [0.25, 0.3) is 0 Å². The summed E-state index contributed by atoms with van der Waals surface area (Å²) >= 11 is 5.43. The van der Waals surface area contributed by atoms with E-state index in [0.717, 1.165) is 0 Å². The Morgan fingerprint density at radius 2 is 2.00 bits per heavy atom. The van der Waals surface area contributed by atoms with Crippen molar-refractivity contribution in [2.75, 3.05) is 5.88 Å². The van der Waals surface area contributed by atoms with Crippen LogP contribution < -0.4 is 0 Å². The lowest BCUT2D eigenvalue weighted by atomic mass is 9.69. The Morgan fingerprint density at radius 3 is 2.47 bits per heavy atom. The van der Waals surface area contributed by atoms with Gasteiger partial charge in [-0.25, -0.2) is 0 Å². The van der Waals surface area contributed by atoms with E-state index in [1.165, 1.54) is 24.3 Å². The van der Waals surface area contributed by atoms with E-state index in [4.69, 9.17) is 16.7 Å². The molecule has 5 nitrogen and oxygen atoms in total. The van der Waals surface area contributed by atoms with Gasteiger partial charge in [-0.15, -0.1) is 11.6 Å². The second-order valence-electron chi connectivity index (χ2n) is 3.92. The van der Waals surface area contributed by atoms with Crippen LogP contribution in [0.5, 0.6) is 0 Å². The van der Waals surface area contributed by atoms with Crippen LogP contribution in [-0.2, 0) is 9.59 Å². The minimum Gasteiger partial charge on any atom is -0.481 e. The Morgan fingerprint density at radius 1 is 1.35 bits per heavy atom. The molecule has 0 aromatic heterocycles. The number of hydrogen-bond donors (Lipinski definition) is 3. The maximum atomic E-state index is 11.3. The van der Waals surface area contributed by atoms with Crippen LogP contribution in [0.2, 0.25) is 0 Å². The molecule has 1 aliphatic rings. The molecule has 6 heteroatoms. The first-order valence-corrected chi connectivity index (χ1v) is 5.53. The zero-order valence-electron chi connectivity index (χ0n) is 8.91. The number of halogens is 1. The number of rotatable bonds is 5. The molecule has 94 valence electrons. The number of carbonyl (C=O) groups is 2. The van der Waals surface area contributed by atoms with Gasteiger partial charge in [0.2, 0.25) is 0 Å². The molecule has 1 aliphatic carbocycles. The average molecular weight is 261 g/mol. The van der Waals surface area contributed by atoms with Crippen molar-refractivity contribution in [3.05, 3.63) is 24.3 Å². The largest absolute Gasteiger partial charge is 0.481 e. The summed E-state index contributed by atoms with van der Waals surface area (Å²) in [5, 5.41) is 27.8. The number of carboxylic acid groups (broad SMARTS) is 2. The zero-order chi connectivity index (χ0) is 13.1. The van der Waals surface area contributed by atoms with Crippen LogP contribution in [0, 0.1) is 11.3 Å². The lowest BCUT2D eigenvalue weighted by Gasteiger charge is -2.33. The van der Waals surface area contributed by atoms with Gasteiger partial charge in [-0.05, 0) is 6.42 Å². The highest BCUT2D eigenvalue weighted by molar-refractivity contribution is 6.18. The van der Waals surface area contributed by atoms with Gasteiger partial charge in [-0.2, -0.15) is 0 Å². The monoisotopic (exact) mass is 260 g/mol. The summed E-state index contributed by atoms with van der Waals surface area (Å²) < 4.78 is 0. The Balaban J connectivity index is 3.12. The Bertz CT molecular complexity index is 376. The fourth-order valence-corrected chi connectivity index (χ4v) is 2.02. The van der Waals surface area contributed by atoms with E-state index < -0.39 is 29.4 Å². The van der Waals surface area contributed by atoms with Crippen LogP contribution in [0.4, 0.5) is 0 Å². The summed E-state index contributed by atoms with van der Waals surface area (Å²) in [5.41, 5.74) is -1.64. The number of aliphatic carboxylic acids is 2. The first-order valence-electron chi connectivity index (χ1n) is 5.00. The van der Waals surface area contributed by atoms with E-state index in [-0.39, 0.29) is 12.3 Å². The molecule has 0 fully saturated rings. The predicted molar refractivity (Wildman–Crippen MR) is 60.8 cm³/mol. The summed E-state index contributed by atoms with van der Waals surface area (Å²) in [6.07, 6.45) is 4.25. The summed E-state index contributed by atoms with van der Waals surface area (Å²) in [4.78, 5) is 22.4. The smallest absolute Gasteiger partial charge is 0.314 e. The SMILES string of the molecule is O=C(O)C1C=CC=CC1(CC(O)CCl)C(=O)O. The fraction of sp³-hybridized carbons (Fsp3) is 0.455. The average Bonchev–Trinajstić information content (AvgIpc) is 2.28. The van der Waals surface area contributed by atoms with E-state index in [0.29, 0.717) is 0 Å². The molecule has 0 spiro atoms. The minimum absolute atomic E-state index is 0.140. The van der Waals surface area contributed by atoms with Crippen molar-refractivity contribution in [2.45, 2.75) is 12.5 Å². The van der Waals surface area contributed by atoms with Crippen molar-refractivity contribution < 1.29 is 24.9 Å². The molecule has 0 aromatic rings. The maximum Gasteiger partial charge on any atom is 0.314 e. The molecular formula is C11H13ClO5. The van der Waals surface area contributed by atoms with Crippen molar-refractivity contribution in [3.8, 4) is 0 Å². The van der Waals surface area contributed by atoms with E-state index in [2.05, 4.69) is 0 Å². The van der Waals surface area contributed by atoms with Gasteiger partial charge in [-0.3, -0.25) is 9.59 Å². The summed E-state index contributed by atoms with van der Waals surface area (Å²) in [6.45, 7) is 0. The van der Waals surface area contributed by atoms with Crippen molar-refractivity contribution in [3.63, 3.8) is 0 Å². The Kier molecular flexibility index (Phi) is 4.31. The van der Waals surface area contributed by atoms with E-state index in [1.807, 2.05) is 0 Å². The molecule has 0 bridgehead atoms. The molecule has 0 saturated heterocycles. The predicted octanol–water partition coefficient (Wildman–Crippen LogP) is 0.874. The third-order valence-corrected chi connectivity index (χ3v) is 3.14. The Hall–Kier alpha value is -1.33. The highest BCUT2D eigenvalue weighted by Gasteiger charge is 2.48. The van der Waals surface area contributed by atoms with Crippen LogP contribution in [0.25, 0.3) is 0 Å². The Labute approximate surface area is 103 Å². The number of aliphatic hydroxyl groups is 1. The van der Waals surface area contributed by atoms with Crippen LogP contribution in [-0.4, -0.2) is 39.2 Å². The second-order valence-corrected chi connectivity index (χ2v) is 4.23. The number of aliphatic hydroxyl groups excluding tert-OH is 1. The lowest BCUT2D eigenvalue weighted by Crippen LogP contribution is -2.44. The second kappa shape index (κ2) is 5.33. The number of alkyl halides is 1. The third-order valence-electron chi connectivity index (χ3n) is 2.78. The first kappa shape index (κ1) is 13.7. The number of allylic oxidation sites excluding steroid dienone is 2. The molecule has 0 amide bonds. The maximum absolute atomic E-state index is 11.3. The van der Waals surface area contributed by atoms with Crippen LogP contribution in [0.3, 0.4) is 0 Å². The third kappa shape index (κ3) is 2.68. The molecule has 1 rings (SSSR count). The molecule has 0 radical (unpaired) electrons. The molecule has 3 atom stereocenters. The minimum atomic E-state index is -1.64. The highest BCUT2D eigenvalue weighted by atomic mass is 35.5. The molecule has 17 heavy (non-hydrogen) atoms. The lowest BCUT2D eigenvalue weighted by molar-refractivity contribution is -0.158. The number of carboxylic acids is 2. The van der Waals surface area contributed by atoms with E-state index in [9.17, 15) is 19.8 Å². The highest BCUT2D eigenvalue weighted by Crippen LogP contribution is 2.39. The molecule has 0 saturated carbocycles. The molecule has 3 N–H and O–H groups in total. The molecule has 0 heterocycles. The van der Waals surface area contributed by atoms with Gasteiger partial charge in [0.1, 0.15) is 5.41 Å². The number of hydrogen-bond acceptors (Lipinski definition) is 3. The fourth-order valence-electron chi connectivity index (χ4n) is 1.91. The van der Waals surface area contributed by atoms with Gasteiger partial charge in [-0.1, -0.05) is 24.3 Å². The normalized spacial score (nSPS) is 28.9. The topological polar surface area (TPSA) is 94.8 Å². The van der Waals surface area contributed by atoms with Gasteiger partial charge < -0.3 is 15.3 Å². The first-order chi connectivity index (χ1) is 7.94. The molecule has 3 unspecified atom stereocenters. The summed E-state index contributed by atoms with van der Waals surface area (Å²) in [6, 6.07) is 0. The molecule has 0 aliphatic heterocycles. The molecule has 0 aromatic carbocycles. The van der Waals surface area contributed by atoms with Crippen molar-refractivity contribution in [1.29, 1.82) is 0 Å². The van der Waals surface area contributed by atoms with Crippen molar-refractivity contribution in [2.24, 2.45) is 11.3 Å². The quantitative estimate of drug-likeness (QED) is 0.638. The zero-order valence-corrected chi connectivity index (χ0v) is 9.67.